The highest BCUT2D eigenvalue weighted by molar-refractivity contribution is 7.89. The maximum Gasteiger partial charge on any atom is 0.243 e. The number of carbonyl (C=O) groups is 1. The lowest BCUT2D eigenvalue weighted by molar-refractivity contribution is -0.122. The predicted octanol–water partition coefficient (Wildman–Crippen LogP) is 1.52. The van der Waals surface area contributed by atoms with Gasteiger partial charge in [0, 0.05) is 30.6 Å². The molecule has 0 saturated carbocycles. The molecular formula is C17H21N3O4S. The fraction of sp³-hybridized carbons (Fsp3) is 0.412. The fourth-order valence-electron chi connectivity index (χ4n) is 3.14. The Morgan fingerprint density at radius 3 is 2.68 bits per heavy atom. The number of nitrogens with zero attached hydrogens (tertiary/aromatic N) is 2. The van der Waals surface area contributed by atoms with Crippen LogP contribution in [0.25, 0.3) is 10.9 Å². The largest absolute Gasteiger partial charge is 0.492 e. The topological polar surface area (TPSA) is 103 Å². The normalized spacial score (nSPS) is 16.8. The number of rotatable bonds is 5. The van der Waals surface area contributed by atoms with Crippen molar-refractivity contribution < 1.29 is 17.9 Å². The summed E-state index contributed by atoms with van der Waals surface area (Å²) in [6.45, 7) is 2.90. The number of amides is 1. The molecule has 0 unspecified atom stereocenters. The zero-order chi connectivity index (χ0) is 18.0. The van der Waals surface area contributed by atoms with Crippen LogP contribution in [0, 0.1) is 5.92 Å². The molecule has 3 rings (SSSR count). The van der Waals surface area contributed by atoms with Crippen molar-refractivity contribution in [1.82, 2.24) is 9.29 Å². The second-order valence-corrected chi connectivity index (χ2v) is 7.88. The highest BCUT2D eigenvalue weighted by Crippen LogP contribution is 2.32. The third-order valence-corrected chi connectivity index (χ3v) is 6.42. The second kappa shape index (κ2) is 6.97. The van der Waals surface area contributed by atoms with E-state index in [9.17, 15) is 13.2 Å². The number of piperidine rings is 1. The molecule has 1 aromatic heterocycles. The lowest BCUT2D eigenvalue weighted by Gasteiger charge is -2.30. The monoisotopic (exact) mass is 363 g/mol. The first kappa shape index (κ1) is 17.6. The van der Waals surface area contributed by atoms with Crippen LogP contribution in [0.5, 0.6) is 5.75 Å². The van der Waals surface area contributed by atoms with Crippen LogP contribution in [0.15, 0.2) is 35.4 Å². The Morgan fingerprint density at radius 2 is 2.04 bits per heavy atom. The van der Waals surface area contributed by atoms with Gasteiger partial charge in [-0.15, -0.1) is 0 Å². The number of aromatic nitrogens is 1. The molecule has 134 valence electrons. The first-order valence-corrected chi connectivity index (χ1v) is 9.69. The van der Waals surface area contributed by atoms with Crippen molar-refractivity contribution >= 4 is 26.8 Å². The Bertz CT molecular complexity index is 890. The van der Waals surface area contributed by atoms with Gasteiger partial charge < -0.3 is 10.5 Å². The molecule has 2 heterocycles. The van der Waals surface area contributed by atoms with E-state index in [4.69, 9.17) is 10.5 Å². The summed E-state index contributed by atoms with van der Waals surface area (Å²) in [4.78, 5) is 15.8. The highest BCUT2D eigenvalue weighted by atomic mass is 32.2. The third kappa shape index (κ3) is 3.32. The minimum absolute atomic E-state index is 0.205. The molecule has 2 aromatic rings. The standard InChI is InChI=1S/C17H21N3O4S/c1-2-24-14-5-6-15(13-4-3-9-19-16(13)14)25(22,23)20-10-7-12(8-11-20)17(18)21/h3-6,9,12H,2,7-8,10-11H2,1H3,(H2,18,21). The van der Waals surface area contributed by atoms with Gasteiger partial charge in [0.05, 0.1) is 11.5 Å². The van der Waals surface area contributed by atoms with Crippen LogP contribution in [-0.4, -0.2) is 43.3 Å². The van der Waals surface area contributed by atoms with Crippen LogP contribution >= 0.6 is 0 Å². The maximum atomic E-state index is 13.1. The van der Waals surface area contributed by atoms with Crippen molar-refractivity contribution in [3.05, 3.63) is 30.5 Å². The van der Waals surface area contributed by atoms with Gasteiger partial charge in [-0.3, -0.25) is 9.78 Å². The van der Waals surface area contributed by atoms with Crippen molar-refractivity contribution in [3.8, 4) is 5.75 Å². The lowest BCUT2D eigenvalue weighted by Crippen LogP contribution is -2.41. The van der Waals surface area contributed by atoms with E-state index in [0.29, 0.717) is 36.1 Å². The van der Waals surface area contributed by atoms with Crippen LogP contribution in [0.3, 0.4) is 0 Å². The number of sulfonamides is 1. The summed E-state index contributed by atoms with van der Waals surface area (Å²) in [6, 6.07) is 6.64. The molecule has 1 aromatic carbocycles. The van der Waals surface area contributed by atoms with Gasteiger partial charge >= 0.3 is 0 Å². The zero-order valence-corrected chi connectivity index (χ0v) is 14.8. The quantitative estimate of drug-likeness (QED) is 0.867. The summed E-state index contributed by atoms with van der Waals surface area (Å²) in [5.41, 5.74) is 5.85. The summed E-state index contributed by atoms with van der Waals surface area (Å²) < 4.78 is 33.1. The third-order valence-electron chi connectivity index (χ3n) is 4.47. The first-order valence-electron chi connectivity index (χ1n) is 8.25. The molecule has 1 amide bonds. The molecule has 0 aliphatic carbocycles. The van der Waals surface area contributed by atoms with E-state index in [1.165, 1.54) is 4.31 Å². The average molecular weight is 363 g/mol. The van der Waals surface area contributed by atoms with Crippen LogP contribution < -0.4 is 10.5 Å². The van der Waals surface area contributed by atoms with Gasteiger partial charge in [-0.1, -0.05) is 0 Å². The molecule has 0 radical (unpaired) electrons. The van der Waals surface area contributed by atoms with Crippen molar-refractivity contribution in [2.45, 2.75) is 24.7 Å². The van der Waals surface area contributed by atoms with Gasteiger partial charge in [0.15, 0.2) is 0 Å². The van der Waals surface area contributed by atoms with Gasteiger partial charge in [-0.25, -0.2) is 8.42 Å². The van der Waals surface area contributed by atoms with E-state index in [1.807, 2.05) is 6.92 Å². The van der Waals surface area contributed by atoms with Crippen LogP contribution in [0.4, 0.5) is 0 Å². The summed E-state index contributed by atoms with van der Waals surface area (Å²) in [6.07, 6.45) is 2.50. The molecule has 1 fully saturated rings. The van der Waals surface area contributed by atoms with Gasteiger partial charge in [0.2, 0.25) is 15.9 Å². The molecule has 7 nitrogen and oxygen atoms in total. The number of hydrogen-bond acceptors (Lipinski definition) is 5. The van der Waals surface area contributed by atoms with Gasteiger partial charge in [0.25, 0.3) is 0 Å². The predicted molar refractivity (Wildman–Crippen MR) is 93.6 cm³/mol. The molecule has 1 aliphatic rings. The highest BCUT2D eigenvalue weighted by Gasteiger charge is 2.32. The SMILES string of the molecule is CCOc1ccc(S(=O)(=O)N2CCC(C(N)=O)CC2)c2cccnc12. The van der Waals surface area contributed by atoms with Gasteiger partial charge in [0.1, 0.15) is 11.3 Å². The van der Waals surface area contributed by atoms with Crippen molar-refractivity contribution in [2.24, 2.45) is 11.7 Å². The van der Waals surface area contributed by atoms with Crippen molar-refractivity contribution in [1.29, 1.82) is 0 Å². The zero-order valence-electron chi connectivity index (χ0n) is 14.0. The van der Waals surface area contributed by atoms with Gasteiger partial charge in [-0.2, -0.15) is 4.31 Å². The van der Waals surface area contributed by atoms with E-state index in [1.54, 1.807) is 30.5 Å². The van der Waals surface area contributed by atoms with Crippen LogP contribution in [-0.2, 0) is 14.8 Å². The summed E-state index contributed by atoms with van der Waals surface area (Å²) >= 11 is 0. The summed E-state index contributed by atoms with van der Waals surface area (Å²) in [5, 5.41) is 0.533. The Hall–Kier alpha value is -2.19. The number of carbonyl (C=O) groups excluding carboxylic acids is 1. The molecule has 0 atom stereocenters. The minimum Gasteiger partial charge on any atom is -0.492 e. The lowest BCUT2D eigenvalue weighted by atomic mass is 9.98. The molecule has 2 N–H and O–H groups in total. The Kier molecular flexibility index (Phi) is 4.91. The van der Waals surface area contributed by atoms with E-state index in [2.05, 4.69) is 4.98 Å². The number of benzene rings is 1. The molecular weight excluding hydrogens is 342 g/mol. The Morgan fingerprint density at radius 1 is 1.32 bits per heavy atom. The number of pyridine rings is 1. The summed E-state index contributed by atoms with van der Waals surface area (Å²) in [5.74, 6) is -0.0672. The van der Waals surface area contributed by atoms with E-state index >= 15 is 0 Å². The molecule has 8 heteroatoms. The first-order chi connectivity index (χ1) is 11.9. The Labute approximate surface area is 146 Å². The smallest absolute Gasteiger partial charge is 0.243 e. The average Bonchev–Trinajstić information content (AvgIpc) is 2.62. The summed E-state index contributed by atoms with van der Waals surface area (Å²) in [7, 11) is -3.68. The van der Waals surface area contributed by atoms with Crippen molar-refractivity contribution in [3.63, 3.8) is 0 Å². The maximum absolute atomic E-state index is 13.1. The molecule has 25 heavy (non-hydrogen) atoms. The number of nitrogens with two attached hydrogens (primary N) is 1. The number of fused-ring (bicyclic) bond motifs is 1. The molecule has 0 spiro atoms. The fourth-order valence-corrected chi connectivity index (χ4v) is 4.79. The Balaban J connectivity index is 1.98. The van der Waals surface area contributed by atoms with E-state index in [-0.39, 0.29) is 29.8 Å². The number of ether oxygens (including phenoxy) is 1. The number of primary amides is 1. The molecule has 1 saturated heterocycles. The molecule has 1 aliphatic heterocycles. The van der Waals surface area contributed by atoms with E-state index in [0.717, 1.165) is 0 Å². The molecule has 0 bridgehead atoms. The van der Waals surface area contributed by atoms with E-state index < -0.39 is 10.0 Å². The number of hydrogen-bond donors (Lipinski definition) is 1. The van der Waals surface area contributed by atoms with Crippen molar-refractivity contribution in [2.75, 3.05) is 19.7 Å². The van der Waals surface area contributed by atoms with Crippen LogP contribution in [0.2, 0.25) is 0 Å². The minimum atomic E-state index is -3.68. The van der Waals surface area contributed by atoms with Gasteiger partial charge in [-0.05, 0) is 44.0 Å². The second-order valence-electron chi connectivity index (χ2n) is 5.98. The van der Waals surface area contributed by atoms with Crippen LogP contribution in [0.1, 0.15) is 19.8 Å².